The molecule has 2 aromatic heterocycles. The summed E-state index contributed by atoms with van der Waals surface area (Å²) in [4.78, 5) is 26.3. The maximum atomic E-state index is 13.3. The minimum absolute atomic E-state index is 0.230. The minimum Gasteiger partial charge on any atom is -0.274 e. The monoisotopic (exact) mass is 495 g/mol. The standard InChI is InChI=1S/C28H29N7O2/c1-2-3-13-25-31-35(26(36)18-20-9-5-4-6-10-20)28(37)34(25)19-21-14-16-22(17-15-21)23-11-7-8-12-24(23)27-29-32-33-30-27/h1,7-8,11-12,14-17,20H,3-6,9-10,13,18-19H2,(H,29,30,32,33). The number of aromatic amines is 1. The Balaban J connectivity index is 1.39. The van der Waals surface area contributed by atoms with Gasteiger partial charge in [0.25, 0.3) is 5.91 Å². The molecule has 0 bridgehead atoms. The SMILES string of the molecule is C#CCCc1nn(C(=O)CC2CCCCC2)c(=O)n1Cc1ccc(-c2ccccc2-c2nnn[nH]2)cc1. The third-order valence-corrected chi connectivity index (χ3v) is 6.99. The van der Waals surface area contributed by atoms with E-state index in [1.807, 2.05) is 48.5 Å². The lowest BCUT2D eigenvalue weighted by Gasteiger charge is -2.20. The van der Waals surface area contributed by atoms with Gasteiger partial charge in [-0.15, -0.1) is 27.2 Å². The molecule has 0 amide bonds. The molecule has 0 unspecified atom stereocenters. The fourth-order valence-corrected chi connectivity index (χ4v) is 5.04. The Hall–Kier alpha value is -4.32. The van der Waals surface area contributed by atoms with Crippen molar-refractivity contribution in [2.45, 2.75) is 57.9 Å². The van der Waals surface area contributed by atoms with Gasteiger partial charge in [-0.25, -0.2) is 9.89 Å². The van der Waals surface area contributed by atoms with E-state index in [0.29, 0.717) is 43.4 Å². The molecule has 9 nitrogen and oxygen atoms in total. The van der Waals surface area contributed by atoms with E-state index in [0.717, 1.165) is 52.6 Å². The number of rotatable bonds is 8. The summed E-state index contributed by atoms with van der Waals surface area (Å²) in [5.41, 5.74) is 3.39. The van der Waals surface area contributed by atoms with Crippen LogP contribution in [0.25, 0.3) is 22.5 Å². The lowest BCUT2D eigenvalue weighted by Crippen LogP contribution is -2.31. The van der Waals surface area contributed by atoms with Crippen molar-refractivity contribution in [1.82, 2.24) is 35.0 Å². The number of nitrogens with one attached hydrogen (secondary N) is 1. The molecule has 0 atom stereocenters. The van der Waals surface area contributed by atoms with Crippen LogP contribution in [0.1, 0.15) is 61.1 Å². The fourth-order valence-electron chi connectivity index (χ4n) is 5.04. The number of hydrogen-bond acceptors (Lipinski definition) is 6. The van der Waals surface area contributed by atoms with Gasteiger partial charge in [-0.2, -0.15) is 0 Å². The van der Waals surface area contributed by atoms with Gasteiger partial charge in [0, 0.05) is 24.8 Å². The van der Waals surface area contributed by atoms with Crippen molar-refractivity contribution >= 4 is 5.91 Å². The van der Waals surface area contributed by atoms with E-state index in [1.165, 1.54) is 6.42 Å². The third-order valence-electron chi connectivity index (χ3n) is 6.99. The van der Waals surface area contributed by atoms with Crippen LogP contribution in [0.5, 0.6) is 0 Å². The molecule has 4 aromatic rings. The number of carbonyl (C=O) groups is 1. The summed E-state index contributed by atoms with van der Waals surface area (Å²) in [7, 11) is 0. The molecule has 37 heavy (non-hydrogen) atoms. The van der Waals surface area contributed by atoms with Gasteiger partial charge in [-0.3, -0.25) is 9.36 Å². The molecule has 1 aliphatic rings. The maximum absolute atomic E-state index is 13.3. The Bertz CT molecular complexity index is 1450. The van der Waals surface area contributed by atoms with Crippen LogP contribution in [0.4, 0.5) is 0 Å². The molecule has 5 rings (SSSR count). The van der Waals surface area contributed by atoms with Gasteiger partial charge in [0.15, 0.2) is 5.82 Å². The quantitative estimate of drug-likeness (QED) is 0.368. The summed E-state index contributed by atoms with van der Waals surface area (Å²) < 4.78 is 2.62. The van der Waals surface area contributed by atoms with Crippen molar-refractivity contribution < 1.29 is 4.79 Å². The molecule has 0 aliphatic heterocycles. The minimum atomic E-state index is -0.403. The molecule has 2 heterocycles. The highest BCUT2D eigenvalue weighted by atomic mass is 16.2. The van der Waals surface area contributed by atoms with Gasteiger partial charge in [0.1, 0.15) is 5.82 Å². The second kappa shape index (κ2) is 11.2. The van der Waals surface area contributed by atoms with E-state index in [9.17, 15) is 9.59 Å². The molecule has 1 fully saturated rings. The molecule has 0 saturated heterocycles. The summed E-state index contributed by atoms with van der Waals surface area (Å²) in [5, 5.41) is 18.6. The number of terminal acetylenes is 1. The van der Waals surface area contributed by atoms with E-state index in [4.69, 9.17) is 6.42 Å². The van der Waals surface area contributed by atoms with E-state index in [-0.39, 0.29) is 5.91 Å². The third kappa shape index (κ3) is 5.43. The molecule has 0 radical (unpaired) electrons. The van der Waals surface area contributed by atoms with Crippen LogP contribution in [-0.4, -0.2) is 40.9 Å². The highest BCUT2D eigenvalue weighted by Crippen LogP contribution is 2.30. The van der Waals surface area contributed by atoms with Gasteiger partial charge in [-0.1, -0.05) is 67.8 Å². The van der Waals surface area contributed by atoms with Crippen LogP contribution in [0, 0.1) is 18.3 Å². The van der Waals surface area contributed by atoms with Crippen LogP contribution in [-0.2, 0) is 13.0 Å². The Labute approximate surface area is 214 Å². The van der Waals surface area contributed by atoms with Gasteiger partial charge in [0.2, 0.25) is 0 Å². The average Bonchev–Trinajstić information content (AvgIpc) is 3.57. The molecule has 1 saturated carbocycles. The molecule has 1 aliphatic carbocycles. The van der Waals surface area contributed by atoms with Crippen molar-refractivity contribution in [2.75, 3.05) is 0 Å². The Morgan fingerprint density at radius 2 is 1.81 bits per heavy atom. The average molecular weight is 496 g/mol. The number of H-pyrrole nitrogens is 1. The van der Waals surface area contributed by atoms with Gasteiger partial charge in [-0.05, 0) is 45.9 Å². The Morgan fingerprint density at radius 1 is 1.05 bits per heavy atom. The lowest BCUT2D eigenvalue weighted by atomic mass is 9.87. The zero-order valence-electron chi connectivity index (χ0n) is 20.6. The Morgan fingerprint density at radius 3 is 2.51 bits per heavy atom. The number of hydrogen-bond donors (Lipinski definition) is 1. The normalized spacial score (nSPS) is 13.9. The van der Waals surface area contributed by atoms with E-state index < -0.39 is 5.69 Å². The smallest absolute Gasteiger partial charge is 0.274 e. The maximum Gasteiger partial charge on any atom is 0.353 e. The number of nitrogens with zero attached hydrogens (tertiary/aromatic N) is 6. The number of aryl methyl sites for hydroxylation is 1. The topological polar surface area (TPSA) is 111 Å². The number of tetrazole rings is 1. The zero-order chi connectivity index (χ0) is 25.6. The van der Waals surface area contributed by atoms with Crippen LogP contribution in [0.15, 0.2) is 53.3 Å². The van der Waals surface area contributed by atoms with E-state index in [1.54, 1.807) is 4.57 Å². The molecule has 9 heteroatoms. The Kier molecular flexibility index (Phi) is 7.36. The number of carbonyl (C=O) groups excluding carboxylic acids is 1. The summed E-state index contributed by atoms with van der Waals surface area (Å²) in [6, 6.07) is 15.8. The first-order valence-electron chi connectivity index (χ1n) is 12.7. The van der Waals surface area contributed by atoms with Crippen LogP contribution < -0.4 is 5.69 Å². The van der Waals surface area contributed by atoms with E-state index in [2.05, 4.69) is 31.6 Å². The summed E-state index contributed by atoms with van der Waals surface area (Å²) >= 11 is 0. The van der Waals surface area contributed by atoms with Crippen LogP contribution >= 0.6 is 0 Å². The second-order valence-electron chi connectivity index (χ2n) is 9.50. The first kappa shape index (κ1) is 24.4. The van der Waals surface area contributed by atoms with Crippen molar-refractivity contribution in [2.24, 2.45) is 5.92 Å². The van der Waals surface area contributed by atoms with Crippen molar-refractivity contribution in [1.29, 1.82) is 0 Å². The highest BCUT2D eigenvalue weighted by Gasteiger charge is 2.23. The summed E-state index contributed by atoms with van der Waals surface area (Å²) in [6.07, 6.45) is 12.3. The van der Waals surface area contributed by atoms with Crippen molar-refractivity contribution in [3.05, 3.63) is 70.4 Å². The lowest BCUT2D eigenvalue weighted by molar-refractivity contribution is 0.0846. The molecule has 2 aromatic carbocycles. The predicted octanol–water partition coefficient (Wildman–Crippen LogP) is 4.12. The van der Waals surface area contributed by atoms with E-state index >= 15 is 0 Å². The van der Waals surface area contributed by atoms with Crippen molar-refractivity contribution in [3.63, 3.8) is 0 Å². The second-order valence-corrected chi connectivity index (χ2v) is 9.50. The molecule has 188 valence electrons. The first-order chi connectivity index (χ1) is 18.1. The molecular formula is C28H29N7O2. The summed E-state index contributed by atoms with van der Waals surface area (Å²) in [5.74, 6) is 3.83. The van der Waals surface area contributed by atoms with Crippen LogP contribution in [0.3, 0.4) is 0 Å². The predicted molar refractivity (Wildman–Crippen MR) is 140 cm³/mol. The van der Waals surface area contributed by atoms with Gasteiger partial charge >= 0.3 is 5.69 Å². The molecule has 0 spiro atoms. The van der Waals surface area contributed by atoms with Crippen molar-refractivity contribution in [3.8, 4) is 34.9 Å². The van der Waals surface area contributed by atoms with Gasteiger partial charge < -0.3 is 0 Å². The largest absolute Gasteiger partial charge is 0.353 e. The number of aromatic nitrogens is 7. The fraction of sp³-hybridized carbons (Fsp3) is 0.357. The molecule has 1 N–H and O–H groups in total. The van der Waals surface area contributed by atoms with Gasteiger partial charge in [0.05, 0.1) is 6.54 Å². The van der Waals surface area contributed by atoms with Crippen LogP contribution in [0.2, 0.25) is 0 Å². The highest BCUT2D eigenvalue weighted by molar-refractivity contribution is 5.80. The number of benzene rings is 2. The first-order valence-corrected chi connectivity index (χ1v) is 12.7. The molecular weight excluding hydrogens is 466 g/mol. The zero-order valence-corrected chi connectivity index (χ0v) is 20.6. The summed E-state index contributed by atoms with van der Waals surface area (Å²) in [6.45, 7) is 0.309.